The molecule has 0 radical (unpaired) electrons. The highest BCUT2D eigenvalue weighted by Crippen LogP contribution is 2.36. The van der Waals surface area contributed by atoms with Crippen molar-refractivity contribution in [3.8, 4) is 0 Å². The third-order valence-electron chi connectivity index (χ3n) is 5.71. The number of nitrogens with zero attached hydrogens (tertiary/aromatic N) is 7. The Balaban J connectivity index is 1.54. The van der Waals surface area contributed by atoms with E-state index >= 15 is 0 Å². The molecule has 3 aromatic heterocycles. The van der Waals surface area contributed by atoms with E-state index in [1.54, 1.807) is 6.92 Å². The first-order chi connectivity index (χ1) is 14.7. The number of ether oxygens (including phenoxy) is 1. The number of sulfone groups is 1. The summed E-state index contributed by atoms with van der Waals surface area (Å²) in [7, 11) is -3.62. The van der Waals surface area contributed by atoms with Gasteiger partial charge in [0.15, 0.2) is 20.5 Å². The van der Waals surface area contributed by atoms with E-state index in [4.69, 9.17) is 4.74 Å². The van der Waals surface area contributed by atoms with Crippen LogP contribution in [0.4, 0.5) is 5.95 Å². The van der Waals surface area contributed by atoms with Crippen LogP contribution in [0.25, 0.3) is 11.2 Å². The van der Waals surface area contributed by atoms with Crippen LogP contribution in [0.2, 0.25) is 0 Å². The highest BCUT2D eigenvalue weighted by atomic mass is 32.2. The van der Waals surface area contributed by atoms with Gasteiger partial charge < -0.3 is 9.64 Å². The molecule has 0 spiro atoms. The molecule has 2 atom stereocenters. The molecule has 1 saturated heterocycles. The number of aryl methyl sites for hydroxylation is 2. The van der Waals surface area contributed by atoms with Gasteiger partial charge in [-0.3, -0.25) is 4.68 Å². The normalized spacial score (nSPS) is 22.3. The van der Waals surface area contributed by atoms with Gasteiger partial charge in [0.05, 0.1) is 36.3 Å². The highest BCUT2D eigenvalue weighted by molar-refractivity contribution is 7.90. The van der Waals surface area contributed by atoms with Crippen molar-refractivity contribution in [2.24, 2.45) is 0 Å². The number of rotatable bonds is 4. The standard InChI is InChI=1S/C20H25N7O3S/c1-11-8-26(10-16(30-11)14-7-21-27(9-14)15-5-6-15)20-24-18-17(19(25-20)31(4,28)29)22-12(2)13(3)23-18/h7,9,11,15-16H,5-6,8,10H2,1-4H3/t11-,16-/m1/s1. The fourth-order valence-electron chi connectivity index (χ4n) is 3.83. The van der Waals surface area contributed by atoms with Gasteiger partial charge in [0.2, 0.25) is 5.95 Å². The van der Waals surface area contributed by atoms with Gasteiger partial charge in [-0.1, -0.05) is 0 Å². The van der Waals surface area contributed by atoms with Gasteiger partial charge in [0, 0.05) is 24.6 Å². The van der Waals surface area contributed by atoms with Crippen molar-refractivity contribution in [3.63, 3.8) is 0 Å². The molecule has 1 saturated carbocycles. The van der Waals surface area contributed by atoms with E-state index in [-0.39, 0.29) is 28.4 Å². The summed E-state index contributed by atoms with van der Waals surface area (Å²) in [4.78, 5) is 19.8. The minimum absolute atomic E-state index is 0.0881. The summed E-state index contributed by atoms with van der Waals surface area (Å²) in [5.74, 6) is 0.320. The number of morpholine rings is 1. The van der Waals surface area contributed by atoms with Crippen molar-refractivity contribution in [2.45, 2.75) is 56.9 Å². The molecular weight excluding hydrogens is 418 g/mol. The van der Waals surface area contributed by atoms with Crippen molar-refractivity contribution in [2.75, 3.05) is 24.2 Å². The summed E-state index contributed by atoms with van der Waals surface area (Å²) in [6, 6.07) is 0.497. The lowest BCUT2D eigenvalue weighted by Gasteiger charge is -2.36. The number of anilines is 1. The Morgan fingerprint density at radius 2 is 1.81 bits per heavy atom. The lowest BCUT2D eigenvalue weighted by molar-refractivity contribution is -0.0179. The Morgan fingerprint density at radius 3 is 2.52 bits per heavy atom. The molecule has 31 heavy (non-hydrogen) atoms. The number of hydrogen-bond acceptors (Lipinski definition) is 9. The van der Waals surface area contributed by atoms with Crippen LogP contribution in [-0.2, 0) is 14.6 Å². The molecule has 1 aliphatic heterocycles. The van der Waals surface area contributed by atoms with Crippen LogP contribution in [-0.4, -0.2) is 63.6 Å². The van der Waals surface area contributed by atoms with E-state index in [9.17, 15) is 8.42 Å². The maximum atomic E-state index is 12.5. The van der Waals surface area contributed by atoms with Crippen LogP contribution in [0, 0.1) is 13.8 Å². The largest absolute Gasteiger partial charge is 0.367 e. The third-order valence-corrected chi connectivity index (χ3v) is 6.69. The molecule has 3 aromatic rings. The highest BCUT2D eigenvalue weighted by Gasteiger charge is 2.32. The first-order valence-corrected chi connectivity index (χ1v) is 12.3. The summed E-state index contributed by atoms with van der Waals surface area (Å²) in [6.45, 7) is 6.63. The Kier molecular flexibility index (Phi) is 4.70. The zero-order chi connectivity index (χ0) is 21.9. The van der Waals surface area contributed by atoms with Crippen LogP contribution in [0.15, 0.2) is 17.4 Å². The van der Waals surface area contributed by atoms with Gasteiger partial charge in [-0.05, 0) is 33.6 Å². The Hall–Kier alpha value is -2.66. The predicted molar refractivity (Wildman–Crippen MR) is 114 cm³/mol. The Bertz CT molecular complexity index is 1270. The summed E-state index contributed by atoms with van der Waals surface area (Å²) in [5, 5.41) is 4.37. The summed E-state index contributed by atoms with van der Waals surface area (Å²) in [6.07, 6.45) is 7.05. The molecule has 0 N–H and O–H groups in total. The first kappa shape index (κ1) is 20.3. The van der Waals surface area contributed by atoms with Crippen molar-refractivity contribution in [1.82, 2.24) is 29.7 Å². The summed E-state index contributed by atoms with van der Waals surface area (Å²) >= 11 is 0. The van der Waals surface area contributed by atoms with E-state index in [0.717, 1.165) is 24.7 Å². The van der Waals surface area contributed by atoms with Crippen LogP contribution in [0.1, 0.15) is 48.9 Å². The van der Waals surface area contributed by atoms with E-state index < -0.39 is 9.84 Å². The quantitative estimate of drug-likeness (QED) is 0.558. The molecular formula is C20H25N7O3S. The monoisotopic (exact) mass is 443 g/mol. The van der Waals surface area contributed by atoms with Gasteiger partial charge in [0.1, 0.15) is 11.6 Å². The van der Waals surface area contributed by atoms with Gasteiger partial charge in [-0.15, -0.1) is 0 Å². The van der Waals surface area contributed by atoms with Crippen LogP contribution in [0.5, 0.6) is 0 Å². The van der Waals surface area contributed by atoms with E-state index in [2.05, 4.69) is 25.0 Å². The fraction of sp³-hybridized carbons (Fsp3) is 0.550. The maximum absolute atomic E-state index is 12.5. The van der Waals surface area contributed by atoms with Crippen molar-refractivity contribution < 1.29 is 13.2 Å². The van der Waals surface area contributed by atoms with E-state index in [1.165, 1.54) is 0 Å². The lowest BCUT2D eigenvalue weighted by Crippen LogP contribution is -2.43. The third kappa shape index (κ3) is 3.87. The zero-order valence-electron chi connectivity index (χ0n) is 18.0. The lowest BCUT2D eigenvalue weighted by atomic mass is 10.1. The zero-order valence-corrected chi connectivity index (χ0v) is 18.8. The Morgan fingerprint density at radius 1 is 1.06 bits per heavy atom. The number of hydrogen-bond donors (Lipinski definition) is 0. The van der Waals surface area contributed by atoms with Gasteiger partial charge in [0.25, 0.3) is 0 Å². The molecule has 1 aliphatic carbocycles. The molecule has 0 aromatic carbocycles. The second-order valence-corrected chi connectivity index (χ2v) is 10.4. The van der Waals surface area contributed by atoms with Crippen molar-refractivity contribution >= 4 is 26.9 Å². The molecule has 0 amide bonds. The second-order valence-electron chi connectivity index (χ2n) is 8.49. The molecule has 4 heterocycles. The van der Waals surface area contributed by atoms with E-state index in [1.807, 2.05) is 35.8 Å². The van der Waals surface area contributed by atoms with Crippen molar-refractivity contribution in [3.05, 3.63) is 29.3 Å². The minimum atomic E-state index is -3.62. The van der Waals surface area contributed by atoms with Crippen LogP contribution in [0.3, 0.4) is 0 Å². The average Bonchev–Trinajstić information content (AvgIpc) is 3.43. The molecule has 2 fully saturated rings. The second kappa shape index (κ2) is 7.20. The SMILES string of the molecule is Cc1nc2nc(N3C[C@@H](C)O[C@@H](c4cnn(C5CC5)c4)C3)nc(S(C)(=O)=O)c2nc1C. The molecule has 11 heteroatoms. The summed E-state index contributed by atoms with van der Waals surface area (Å²) in [5.41, 5.74) is 2.85. The molecule has 164 valence electrons. The fourth-order valence-corrected chi connectivity index (χ4v) is 4.57. The summed E-state index contributed by atoms with van der Waals surface area (Å²) < 4.78 is 33.1. The molecule has 2 aliphatic rings. The molecule has 5 rings (SSSR count). The van der Waals surface area contributed by atoms with Gasteiger partial charge in [-0.2, -0.15) is 15.1 Å². The smallest absolute Gasteiger partial charge is 0.228 e. The number of aromatic nitrogens is 6. The average molecular weight is 444 g/mol. The van der Waals surface area contributed by atoms with Crippen LogP contribution < -0.4 is 4.90 Å². The first-order valence-electron chi connectivity index (χ1n) is 10.4. The van der Waals surface area contributed by atoms with Crippen molar-refractivity contribution in [1.29, 1.82) is 0 Å². The Labute approximate surface area is 180 Å². The topological polar surface area (TPSA) is 116 Å². The number of fused-ring (bicyclic) bond motifs is 1. The van der Waals surface area contributed by atoms with Crippen LogP contribution >= 0.6 is 0 Å². The minimum Gasteiger partial charge on any atom is -0.367 e. The molecule has 0 bridgehead atoms. The maximum Gasteiger partial charge on any atom is 0.228 e. The molecule has 0 unspecified atom stereocenters. The predicted octanol–water partition coefficient (Wildman–Crippen LogP) is 1.94. The molecule has 10 nitrogen and oxygen atoms in total. The van der Waals surface area contributed by atoms with Gasteiger partial charge >= 0.3 is 0 Å². The van der Waals surface area contributed by atoms with E-state index in [0.29, 0.717) is 36.5 Å². The van der Waals surface area contributed by atoms with Gasteiger partial charge in [-0.25, -0.2) is 18.4 Å².